The van der Waals surface area contributed by atoms with E-state index in [1.54, 1.807) is 12.1 Å². The summed E-state index contributed by atoms with van der Waals surface area (Å²) in [4.78, 5) is 7.87. The van der Waals surface area contributed by atoms with Crippen LogP contribution in [0.5, 0.6) is 5.88 Å². The Morgan fingerprint density at radius 3 is 2.86 bits per heavy atom. The van der Waals surface area contributed by atoms with Crippen molar-refractivity contribution in [2.24, 2.45) is 0 Å². The van der Waals surface area contributed by atoms with Gasteiger partial charge in [0, 0.05) is 0 Å². The molecule has 0 atom stereocenters. The molecule has 0 fully saturated rings. The van der Waals surface area contributed by atoms with Gasteiger partial charge in [0.05, 0.1) is 5.52 Å². The monoisotopic (exact) mass is 192 g/mol. The molecular formula is C10H9FN2O. The topological polar surface area (TPSA) is 46.0 Å². The number of benzene rings is 1. The highest BCUT2D eigenvalue weighted by molar-refractivity contribution is 5.75. The molecule has 4 heteroatoms. The Bertz CT molecular complexity index is 485. The van der Waals surface area contributed by atoms with E-state index in [2.05, 4.69) is 9.97 Å². The normalized spacial score (nSPS) is 10.7. The van der Waals surface area contributed by atoms with Gasteiger partial charge in [0.15, 0.2) is 5.82 Å². The third kappa shape index (κ3) is 1.28. The minimum absolute atomic E-state index is 0.113. The van der Waals surface area contributed by atoms with Crippen LogP contribution in [0.3, 0.4) is 0 Å². The largest absolute Gasteiger partial charge is 0.492 e. The van der Waals surface area contributed by atoms with E-state index in [1.807, 2.05) is 6.92 Å². The molecule has 0 saturated carbocycles. The third-order valence-electron chi connectivity index (χ3n) is 2.03. The second-order valence-electron chi connectivity index (χ2n) is 2.96. The molecule has 0 unspecified atom stereocenters. The van der Waals surface area contributed by atoms with Gasteiger partial charge >= 0.3 is 0 Å². The summed E-state index contributed by atoms with van der Waals surface area (Å²) in [6, 6.07) is 4.54. The standard InChI is InChI=1S/C10H9FN2O/c1-2-7-10(14)13-9-6(11)4-3-5-8(9)12-7/h3-5H,2H2,1H3,(H,13,14). The van der Waals surface area contributed by atoms with Gasteiger partial charge in [-0.15, -0.1) is 0 Å². The molecule has 1 N–H and O–H groups in total. The summed E-state index contributed by atoms with van der Waals surface area (Å²) in [6.45, 7) is 1.86. The molecule has 1 aromatic heterocycles. The van der Waals surface area contributed by atoms with Crippen LogP contribution in [0.2, 0.25) is 0 Å². The average molecular weight is 192 g/mol. The van der Waals surface area contributed by atoms with Gasteiger partial charge in [0.1, 0.15) is 11.2 Å². The summed E-state index contributed by atoms with van der Waals surface area (Å²) in [5.74, 6) is -0.655. The van der Waals surface area contributed by atoms with Gasteiger partial charge in [-0.25, -0.2) is 14.4 Å². The van der Waals surface area contributed by atoms with Crippen molar-refractivity contribution < 1.29 is 9.50 Å². The number of hydrogen-bond donors (Lipinski definition) is 1. The fourth-order valence-corrected chi connectivity index (χ4v) is 1.31. The van der Waals surface area contributed by atoms with Crippen LogP contribution < -0.4 is 0 Å². The van der Waals surface area contributed by atoms with E-state index >= 15 is 0 Å². The fraction of sp³-hybridized carbons (Fsp3) is 0.200. The van der Waals surface area contributed by atoms with Crippen molar-refractivity contribution in [3.63, 3.8) is 0 Å². The molecule has 0 bridgehead atoms. The number of rotatable bonds is 1. The average Bonchev–Trinajstić information content (AvgIpc) is 2.19. The number of para-hydroxylation sites is 1. The summed E-state index contributed by atoms with van der Waals surface area (Å²) in [7, 11) is 0. The van der Waals surface area contributed by atoms with E-state index in [4.69, 9.17) is 0 Å². The van der Waals surface area contributed by atoms with Gasteiger partial charge in [-0.1, -0.05) is 13.0 Å². The van der Waals surface area contributed by atoms with Crippen molar-refractivity contribution in [1.82, 2.24) is 9.97 Å². The Balaban J connectivity index is 2.79. The second kappa shape index (κ2) is 3.21. The number of halogens is 1. The molecular weight excluding hydrogens is 183 g/mol. The highest BCUT2D eigenvalue weighted by Gasteiger charge is 2.08. The van der Waals surface area contributed by atoms with Crippen LogP contribution in [-0.4, -0.2) is 15.1 Å². The molecule has 0 aliphatic carbocycles. The highest BCUT2D eigenvalue weighted by Crippen LogP contribution is 2.19. The lowest BCUT2D eigenvalue weighted by atomic mass is 10.2. The molecule has 0 spiro atoms. The molecule has 3 nitrogen and oxygen atoms in total. The zero-order valence-electron chi connectivity index (χ0n) is 7.66. The van der Waals surface area contributed by atoms with E-state index < -0.39 is 5.82 Å². The molecule has 2 aromatic rings. The number of nitrogens with zero attached hydrogens (tertiary/aromatic N) is 2. The quantitative estimate of drug-likeness (QED) is 0.752. The van der Waals surface area contributed by atoms with Crippen molar-refractivity contribution in [2.45, 2.75) is 13.3 Å². The van der Waals surface area contributed by atoms with Crippen LogP contribution in [0.4, 0.5) is 4.39 Å². The smallest absolute Gasteiger partial charge is 0.233 e. The molecule has 72 valence electrons. The van der Waals surface area contributed by atoms with E-state index in [0.717, 1.165) is 0 Å². The maximum Gasteiger partial charge on any atom is 0.233 e. The summed E-state index contributed by atoms with van der Waals surface area (Å²) >= 11 is 0. The van der Waals surface area contributed by atoms with Crippen molar-refractivity contribution in [3.05, 3.63) is 29.7 Å². The Morgan fingerprint density at radius 2 is 2.14 bits per heavy atom. The molecule has 0 aliphatic heterocycles. The SMILES string of the molecule is CCc1nc2cccc(F)c2nc1O. The zero-order chi connectivity index (χ0) is 10.1. The van der Waals surface area contributed by atoms with Gasteiger partial charge in [0.25, 0.3) is 0 Å². The number of aromatic hydroxyl groups is 1. The molecule has 1 heterocycles. The van der Waals surface area contributed by atoms with E-state index in [1.165, 1.54) is 6.07 Å². The first-order valence-corrected chi connectivity index (χ1v) is 4.36. The van der Waals surface area contributed by atoms with Crippen LogP contribution in [0.15, 0.2) is 18.2 Å². The van der Waals surface area contributed by atoms with Crippen LogP contribution in [0, 0.1) is 5.82 Å². The van der Waals surface area contributed by atoms with Crippen LogP contribution in [0.1, 0.15) is 12.6 Å². The minimum Gasteiger partial charge on any atom is -0.492 e. The first kappa shape index (κ1) is 8.87. The van der Waals surface area contributed by atoms with Crippen molar-refractivity contribution >= 4 is 11.0 Å². The molecule has 14 heavy (non-hydrogen) atoms. The van der Waals surface area contributed by atoms with Gasteiger partial charge in [-0.2, -0.15) is 0 Å². The number of aromatic nitrogens is 2. The van der Waals surface area contributed by atoms with Crippen LogP contribution in [-0.2, 0) is 6.42 Å². The van der Waals surface area contributed by atoms with Gasteiger partial charge in [-0.3, -0.25) is 0 Å². The first-order chi connectivity index (χ1) is 6.72. The number of hydrogen-bond acceptors (Lipinski definition) is 3. The molecule has 1 aromatic carbocycles. The van der Waals surface area contributed by atoms with Gasteiger partial charge < -0.3 is 5.11 Å². The zero-order valence-corrected chi connectivity index (χ0v) is 7.66. The first-order valence-electron chi connectivity index (χ1n) is 4.36. The predicted molar refractivity (Wildman–Crippen MR) is 50.5 cm³/mol. The minimum atomic E-state index is -0.465. The van der Waals surface area contributed by atoms with E-state index in [-0.39, 0.29) is 11.4 Å². The van der Waals surface area contributed by atoms with E-state index in [0.29, 0.717) is 17.6 Å². The lowest BCUT2D eigenvalue weighted by Gasteiger charge is -2.02. The number of fused-ring (bicyclic) bond motifs is 1. The summed E-state index contributed by atoms with van der Waals surface area (Å²) in [5.41, 5.74) is 1.07. The van der Waals surface area contributed by atoms with Gasteiger partial charge in [-0.05, 0) is 18.6 Å². The third-order valence-corrected chi connectivity index (χ3v) is 2.03. The molecule has 0 amide bonds. The van der Waals surface area contributed by atoms with Crippen LogP contribution >= 0.6 is 0 Å². The second-order valence-corrected chi connectivity index (χ2v) is 2.96. The summed E-state index contributed by atoms with van der Waals surface area (Å²) in [6.07, 6.45) is 0.575. The van der Waals surface area contributed by atoms with Crippen molar-refractivity contribution in [2.75, 3.05) is 0 Å². The predicted octanol–water partition coefficient (Wildman–Crippen LogP) is 2.04. The van der Waals surface area contributed by atoms with E-state index in [9.17, 15) is 9.50 Å². The van der Waals surface area contributed by atoms with Crippen molar-refractivity contribution in [3.8, 4) is 5.88 Å². The Hall–Kier alpha value is -1.71. The summed E-state index contributed by atoms with van der Waals surface area (Å²) in [5, 5.41) is 9.39. The molecule has 0 saturated heterocycles. The van der Waals surface area contributed by atoms with Gasteiger partial charge in [0.2, 0.25) is 5.88 Å². The summed E-state index contributed by atoms with van der Waals surface area (Å²) < 4.78 is 13.2. The Labute approximate surface area is 80.2 Å². The molecule has 0 aliphatic rings. The Kier molecular flexibility index (Phi) is 2.04. The highest BCUT2D eigenvalue weighted by atomic mass is 19.1. The fourth-order valence-electron chi connectivity index (χ4n) is 1.31. The van der Waals surface area contributed by atoms with Crippen LogP contribution in [0.25, 0.3) is 11.0 Å². The Morgan fingerprint density at radius 1 is 1.36 bits per heavy atom. The molecule has 2 rings (SSSR count). The van der Waals surface area contributed by atoms with Crippen molar-refractivity contribution in [1.29, 1.82) is 0 Å². The lowest BCUT2D eigenvalue weighted by Crippen LogP contribution is -1.94. The number of aryl methyl sites for hydroxylation is 1. The maximum atomic E-state index is 13.2. The lowest BCUT2D eigenvalue weighted by molar-refractivity contribution is 0.444. The maximum absolute atomic E-state index is 13.2. The molecule has 0 radical (unpaired) electrons.